The number of hydrogen-bond acceptors (Lipinski definition) is 12. The van der Waals surface area contributed by atoms with Crippen LogP contribution in [-0.2, 0) is 12.8 Å². The summed E-state index contributed by atoms with van der Waals surface area (Å²) in [5.41, 5.74) is 21.1. The molecule has 2 aromatic carbocycles. The second-order valence-corrected chi connectivity index (χ2v) is 20.5. The van der Waals surface area contributed by atoms with Crippen LogP contribution in [0.15, 0.2) is 212 Å². The minimum Gasteiger partial charge on any atom is -0.367 e. The molecule has 11 aromatic rings. The number of nitrogens with zero attached hydrogens (tertiary/aromatic N) is 12. The first-order valence-electron chi connectivity index (χ1n) is 36.1. The van der Waals surface area contributed by atoms with E-state index in [1.165, 1.54) is 34.2 Å². The van der Waals surface area contributed by atoms with E-state index < -0.39 is 0 Å². The Bertz CT molecular complexity index is 4180. The Morgan fingerprint density at radius 3 is 1.30 bits per heavy atom. The number of allylic oxidation sites excluding steroid dienone is 5. The zero-order chi connectivity index (χ0) is 70.5. The average Bonchev–Trinajstić information content (AvgIpc) is 1.67. The predicted molar refractivity (Wildman–Crippen MR) is 413 cm³/mol. The third kappa shape index (κ3) is 19.9. The first-order valence-corrected chi connectivity index (χ1v) is 36.1. The highest BCUT2D eigenvalue weighted by Crippen LogP contribution is 2.42. The molecule has 0 amide bonds. The van der Waals surface area contributed by atoms with Gasteiger partial charge in [0.15, 0.2) is 16.9 Å². The standard InChI is InChI=1S/C24H21N5.C20H19N5.C20H15N5.9C2H6/c1-2-6-20-16(4-1)12-17-7-8-19(13-21(17)20)27-24-14-22(18-5-3-10-25-15-18)28-23-9-11-26-29(23)24;1-3-14-6-7-17(11-15(14)4-1)23-20-12-18(16-5-2-9-21-13-16)24-19-8-10-22-25(19)20;1-2-6-16-14(4-1)7-8-17(16)23-20-12-18(15-5-3-10-21-13-15)24-19-9-11-22-25(19)20;9*1-2/h1-6,9-11,14-15,19,27H,7-8,12-13H2;1-2,4-5,8-10,12-13,17,23H,3,6-7,11H2;1-6,8-13,23H,7H2;9*1-2H3. The third-order valence-corrected chi connectivity index (χ3v) is 15.6. The molecule has 2 unspecified atom stereocenters. The average molecular weight is 1300 g/mol. The maximum absolute atomic E-state index is 4.75. The van der Waals surface area contributed by atoms with E-state index in [1.54, 1.807) is 53.9 Å². The van der Waals surface area contributed by atoms with Crippen molar-refractivity contribution >= 4 is 45.7 Å². The van der Waals surface area contributed by atoms with Crippen LogP contribution in [0.1, 0.15) is 192 Å². The lowest BCUT2D eigenvalue weighted by molar-refractivity contribution is 0.605. The molecule has 97 heavy (non-hydrogen) atoms. The molecule has 15 heteroatoms. The lowest BCUT2D eigenvalue weighted by atomic mass is 9.88. The van der Waals surface area contributed by atoms with E-state index in [0.717, 1.165) is 125 Å². The van der Waals surface area contributed by atoms with Gasteiger partial charge in [-0.2, -0.15) is 28.8 Å². The largest absolute Gasteiger partial charge is 0.367 e. The summed E-state index contributed by atoms with van der Waals surface area (Å²) in [6.45, 7) is 36.0. The summed E-state index contributed by atoms with van der Waals surface area (Å²) < 4.78 is 5.60. The molecule has 0 saturated heterocycles. The van der Waals surface area contributed by atoms with Crippen LogP contribution in [-0.4, -0.2) is 70.8 Å². The number of pyridine rings is 3. The first kappa shape index (κ1) is 77.8. The normalized spacial score (nSPS) is 14.3. The van der Waals surface area contributed by atoms with Gasteiger partial charge in [0.25, 0.3) is 0 Å². The molecule has 0 fully saturated rings. The van der Waals surface area contributed by atoms with Gasteiger partial charge in [0.05, 0.1) is 35.7 Å². The van der Waals surface area contributed by atoms with Crippen LogP contribution in [0.4, 0.5) is 17.5 Å². The highest BCUT2D eigenvalue weighted by atomic mass is 15.3. The second-order valence-electron chi connectivity index (χ2n) is 20.5. The van der Waals surface area contributed by atoms with Crippen LogP contribution < -0.4 is 16.0 Å². The molecular formula is C82H109N15. The van der Waals surface area contributed by atoms with E-state index in [-0.39, 0.29) is 0 Å². The number of anilines is 3. The summed E-state index contributed by atoms with van der Waals surface area (Å²) in [6.07, 6.45) is 33.0. The smallest absolute Gasteiger partial charge is 0.157 e. The summed E-state index contributed by atoms with van der Waals surface area (Å²) in [5, 5.41) is 24.3. The van der Waals surface area contributed by atoms with E-state index in [0.29, 0.717) is 12.1 Å². The van der Waals surface area contributed by atoms with Gasteiger partial charge in [-0.3, -0.25) is 15.0 Å². The Morgan fingerprint density at radius 1 is 0.402 bits per heavy atom. The molecule has 0 radical (unpaired) electrons. The highest BCUT2D eigenvalue weighted by molar-refractivity contribution is 5.82. The zero-order valence-corrected chi connectivity index (χ0v) is 61.4. The minimum absolute atomic E-state index is 0.386. The quantitative estimate of drug-likeness (QED) is 0.125. The van der Waals surface area contributed by atoms with Gasteiger partial charge in [0.2, 0.25) is 0 Å². The molecule has 15 nitrogen and oxygen atoms in total. The molecule has 5 aliphatic rings. The van der Waals surface area contributed by atoms with Crippen molar-refractivity contribution in [3.63, 3.8) is 0 Å². The van der Waals surface area contributed by atoms with Crippen LogP contribution in [0, 0.1) is 0 Å². The van der Waals surface area contributed by atoms with Crippen LogP contribution in [0.25, 0.3) is 62.0 Å². The Balaban J connectivity index is 0.000000236. The van der Waals surface area contributed by atoms with Crippen LogP contribution >= 0.6 is 0 Å². The van der Waals surface area contributed by atoms with E-state index in [2.05, 4.69) is 130 Å². The molecule has 9 aromatic heterocycles. The fourth-order valence-electron chi connectivity index (χ4n) is 11.7. The topological polar surface area (TPSA) is 165 Å². The summed E-state index contributed by atoms with van der Waals surface area (Å²) in [4.78, 5) is 26.8. The van der Waals surface area contributed by atoms with E-state index in [9.17, 15) is 0 Å². The Kier molecular flexibility index (Phi) is 34.1. The van der Waals surface area contributed by atoms with E-state index >= 15 is 0 Å². The third-order valence-electron chi connectivity index (χ3n) is 15.6. The fraction of sp³-hybridized carbons (Fsp3) is 0.354. The molecule has 0 spiro atoms. The number of aromatic nitrogens is 12. The van der Waals surface area contributed by atoms with Gasteiger partial charge in [-0.25, -0.2) is 15.0 Å². The molecule has 512 valence electrons. The highest BCUT2D eigenvalue weighted by Gasteiger charge is 2.29. The van der Waals surface area contributed by atoms with Gasteiger partial charge >= 0.3 is 0 Å². The number of benzene rings is 2. The molecule has 0 bridgehead atoms. The molecular weight excluding hydrogens is 1200 g/mol. The van der Waals surface area contributed by atoms with Gasteiger partial charge in [-0.05, 0) is 122 Å². The Hall–Kier alpha value is -9.89. The van der Waals surface area contributed by atoms with Gasteiger partial charge in [-0.15, -0.1) is 0 Å². The zero-order valence-electron chi connectivity index (χ0n) is 61.4. The Labute approximate surface area is 579 Å². The molecule has 16 rings (SSSR count). The predicted octanol–water partition coefficient (Wildman–Crippen LogP) is 21.8. The molecule has 0 aliphatic heterocycles. The van der Waals surface area contributed by atoms with Crippen molar-refractivity contribution in [2.24, 2.45) is 0 Å². The maximum atomic E-state index is 4.75. The van der Waals surface area contributed by atoms with Crippen LogP contribution in [0.3, 0.4) is 0 Å². The minimum atomic E-state index is 0.386. The van der Waals surface area contributed by atoms with Crippen LogP contribution in [0.2, 0.25) is 0 Å². The van der Waals surface area contributed by atoms with E-state index in [1.807, 2.05) is 217 Å². The van der Waals surface area contributed by atoms with E-state index in [4.69, 9.17) is 9.97 Å². The number of rotatable bonds is 9. The lowest BCUT2D eigenvalue weighted by Crippen LogP contribution is -2.24. The summed E-state index contributed by atoms with van der Waals surface area (Å²) in [5.74, 6) is 2.86. The summed E-state index contributed by atoms with van der Waals surface area (Å²) in [6, 6.07) is 42.0. The van der Waals surface area contributed by atoms with Crippen molar-refractivity contribution in [3.8, 4) is 33.8 Å². The first-order chi connectivity index (χ1) is 48.1. The van der Waals surface area contributed by atoms with Crippen LogP contribution in [0.5, 0.6) is 0 Å². The maximum Gasteiger partial charge on any atom is 0.157 e. The monoisotopic (exact) mass is 1300 g/mol. The number of fused-ring (bicyclic) bond motifs is 6. The van der Waals surface area contributed by atoms with Crippen molar-refractivity contribution in [2.75, 3.05) is 16.0 Å². The van der Waals surface area contributed by atoms with Gasteiger partial charge in [-0.1, -0.05) is 203 Å². The SMILES string of the molecule is C1=C(Nc2cc(-c3cccnc3)nc3ccnn23)c2ccccc2C1.C1=CC2=C(C1)CCC(Nc1cc(-c3cccnc3)nc3ccnn13)C2.CC.CC.CC.CC.CC.CC.CC.CC.CC.c1cncc(-c2cc(NC3CCC4=C(C3)c3ccccc3C4)n3nccc3n2)c1. The number of nitrogens with one attached hydrogen (secondary N) is 3. The summed E-state index contributed by atoms with van der Waals surface area (Å²) in [7, 11) is 0. The number of hydrogen-bond donors (Lipinski definition) is 3. The second kappa shape index (κ2) is 42.5. The van der Waals surface area contributed by atoms with Gasteiger partial charge in [0.1, 0.15) is 17.5 Å². The molecule has 5 aliphatic carbocycles. The van der Waals surface area contributed by atoms with Crippen molar-refractivity contribution in [1.29, 1.82) is 0 Å². The van der Waals surface area contributed by atoms with Crippen molar-refractivity contribution in [1.82, 2.24) is 58.7 Å². The molecule has 2 atom stereocenters. The summed E-state index contributed by atoms with van der Waals surface area (Å²) >= 11 is 0. The fourth-order valence-corrected chi connectivity index (χ4v) is 11.7. The Morgan fingerprint density at radius 2 is 0.825 bits per heavy atom. The van der Waals surface area contributed by atoms with Crippen molar-refractivity contribution in [2.45, 2.75) is 194 Å². The molecule has 0 saturated carbocycles. The van der Waals surface area contributed by atoms with Gasteiger partial charge in [0, 0.05) is 114 Å². The molecule has 9 heterocycles. The lowest BCUT2D eigenvalue weighted by Gasteiger charge is -2.26. The molecule has 3 N–H and O–H groups in total. The van der Waals surface area contributed by atoms with Gasteiger partial charge < -0.3 is 16.0 Å². The van der Waals surface area contributed by atoms with Crippen molar-refractivity contribution < 1.29 is 0 Å². The van der Waals surface area contributed by atoms with Crippen molar-refractivity contribution in [3.05, 3.63) is 234 Å².